The summed E-state index contributed by atoms with van der Waals surface area (Å²) in [6.07, 6.45) is 9.90. The molecule has 1 amide bonds. The Hall–Kier alpha value is -3.47. The largest absolute Gasteiger partial charge is 0.402 e. The van der Waals surface area contributed by atoms with Crippen LogP contribution in [0.3, 0.4) is 0 Å². The number of aryl methyl sites for hydroxylation is 1. The van der Waals surface area contributed by atoms with Crippen LogP contribution in [0.1, 0.15) is 49.6 Å². The van der Waals surface area contributed by atoms with Gasteiger partial charge in [-0.15, -0.1) is 11.3 Å². The molecule has 0 saturated carbocycles. The minimum absolute atomic E-state index is 0.0206. The Morgan fingerprint density at radius 2 is 2.03 bits per heavy atom. The average Bonchev–Trinajstić information content (AvgIpc) is 3.41. The maximum atomic E-state index is 13.3. The van der Waals surface area contributed by atoms with Crippen molar-refractivity contribution < 1.29 is 4.79 Å². The molecule has 0 radical (unpaired) electrons. The van der Waals surface area contributed by atoms with E-state index in [2.05, 4.69) is 25.2 Å². The molecule has 2 saturated heterocycles. The Morgan fingerprint density at radius 3 is 2.71 bits per heavy atom. The third-order valence-corrected chi connectivity index (χ3v) is 7.28. The topological polar surface area (TPSA) is 140 Å². The molecule has 2 aliphatic heterocycles. The van der Waals surface area contributed by atoms with Gasteiger partial charge in [-0.1, -0.05) is 0 Å². The number of thiophene rings is 1. The quantitative estimate of drug-likeness (QED) is 0.377. The van der Waals surface area contributed by atoms with Crippen LogP contribution in [0.15, 0.2) is 40.6 Å². The Bertz CT molecular complexity index is 1260. The van der Waals surface area contributed by atoms with Gasteiger partial charge in [0.15, 0.2) is 11.6 Å². The number of hydrogen-bond acceptors (Lipinski definition) is 8. The van der Waals surface area contributed by atoms with E-state index in [9.17, 15) is 4.79 Å². The summed E-state index contributed by atoms with van der Waals surface area (Å²) in [7, 11) is 1.86. The number of nitrogens with two attached hydrogens (primary N) is 2. The van der Waals surface area contributed by atoms with Crippen LogP contribution in [0.2, 0.25) is 0 Å². The number of carbonyl (C=O) groups excluding carboxylic acids is 1. The monoisotopic (exact) mass is 479 g/mol. The third-order valence-electron chi connectivity index (χ3n) is 6.47. The van der Waals surface area contributed by atoms with E-state index in [4.69, 9.17) is 16.5 Å². The number of rotatable bonds is 5. The van der Waals surface area contributed by atoms with Crippen molar-refractivity contribution in [2.75, 3.05) is 5.32 Å². The van der Waals surface area contributed by atoms with Crippen molar-refractivity contribution in [2.24, 2.45) is 23.5 Å². The summed E-state index contributed by atoms with van der Waals surface area (Å²) in [4.78, 5) is 34.3. The molecule has 11 heteroatoms. The lowest BCUT2D eigenvalue weighted by Gasteiger charge is -2.48. The lowest BCUT2D eigenvalue weighted by atomic mass is 9.81. The maximum Gasteiger partial charge on any atom is 0.290 e. The molecule has 0 aliphatic carbocycles. The first kappa shape index (κ1) is 22.3. The van der Waals surface area contributed by atoms with Gasteiger partial charge in [0, 0.05) is 43.3 Å². The van der Waals surface area contributed by atoms with E-state index in [-0.39, 0.29) is 24.0 Å². The number of nitrogens with zero attached hydrogens (tertiary/aromatic N) is 6. The van der Waals surface area contributed by atoms with Crippen molar-refractivity contribution in [1.82, 2.24) is 24.4 Å². The van der Waals surface area contributed by atoms with Crippen LogP contribution in [0.5, 0.6) is 0 Å². The molecular weight excluding hydrogens is 450 g/mol. The first-order valence-corrected chi connectivity index (χ1v) is 12.4. The highest BCUT2D eigenvalue weighted by atomic mass is 32.1. The van der Waals surface area contributed by atoms with Crippen LogP contribution < -0.4 is 16.8 Å². The van der Waals surface area contributed by atoms with E-state index in [1.807, 2.05) is 24.7 Å². The van der Waals surface area contributed by atoms with E-state index < -0.39 is 0 Å². The predicted molar refractivity (Wildman–Crippen MR) is 134 cm³/mol. The van der Waals surface area contributed by atoms with Gasteiger partial charge in [0.05, 0.1) is 5.39 Å². The normalized spacial score (nSPS) is 23.4. The Morgan fingerprint density at radius 1 is 1.26 bits per heavy atom. The number of nitrogens with one attached hydrogen (secondary N) is 1. The molecule has 3 aromatic rings. The highest BCUT2D eigenvalue weighted by molar-refractivity contribution is 7.16. The van der Waals surface area contributed by atoms with Crippen molar-refractivity contribution in [3.05, 3.63) is 41.4 Å². The number of imidazole rings is 1. The zero-order valence-electron chi connectivity index (χ0n) is 19.3. The van der Waals surface area contributed by atoms with Crippen LogP contribution in [-0.2, 0) is 7.05 Å². The lowest BCUT2D eigenvalue weighted by Crippen LogP contribution is -2.57. The number of allylic oxidation sites excluding steroid dienone is 1. The smallest absolute Gasteiger partial charge is 0.290 e. The molecule has 1 unspecified atom stereocenters. The van der Waals surface area contributed by atoms with Gasteiger partial charge < -0.3 is 26.3 Å². The van der Waals surface area contributed by atoms with E-state index in [0.29, 0.717) is 29.1 Å². The molecule has 2 aliphatic rings. The summed E-state index contributed by atoms with van der Waals surface area (Å²) in [5.41, 5.74) is 12.3. The molecule has 0 aromatic carbocycles. The highest BCUT2D eigenvalue weighted by Crippen LogP contribution is 2.36. The summed E-state index contributed by atoms with van der Waals surface area (Å²) in [5.74, 6) is 1.87. The number of hydrogen-bond donors (Lipinski definition) is 3. The van der Waals surface area contributed by atoms with Crippen LogP contribution in [-0.4, -0.2) is 54.3 Å². The summed E-state index contributed by atoms with van der Waals surface area (Å²) in [5, 5.41) is 6.35. The fourth-order valence-electron chi connectivity index (χ4n) is 5.08. The maximum absolute atomic E-state index is 13.3. The minimum atomic E-state index is 0.0206. The number of piperidine rings is 2. The molecular formula is C23H29N9OS. The minimum Gasteiger partial charge on any atom is -0.402 e. The standard InChI is InChI=1S/C23H29N9OS/c1-13(24)10-18(25)28-19-17-6-9-34-21(17)30-23(29-19)27-14-11-15-4-3-5-16(12-14)32(15)22(33)20-26-7-8-31(20)2/h6-10,14-16H,3-5,11-12,24H2,1-2H3,(H3,25,27,28,29,30)/b13-10-/t14?,15-,16+. The number of aliphatic imine (C=N–C) groups is 1. The van der Waals surface area contributed by atoms with Gasteiger partial charge in [0.2, 0.25) is 5.95 Å². The Labute approximate surface area is 201 Å². The molecule has 34 heavy (non-hydrogen) atoms. The van der Waals surface area contributed by atoms with Gasteiger partial charge in [0.25, 0.3) is 5.91 Å². The predicted octanol–water partition coefficient (Wildman–Crippen LogP) is 2.91. The van der Waals surface area contributed by atoms with Gasteiger partial charge in [0.1, 0.15) is 10.7 Å². The molecule has 5 heterocycles. The highest BCUT2D eigenvalue weighted by Gasteiger charge is 2.42. The second-order valence-electron chi connectivity index (χ2n) is 9.06. The van der Waals surface area contributed by atoms with Crippen molar-refractivity contribution in [1.29, 1.82) is 0 Å². The van der Waals surface area contributed by atoms with Crippen molar-refractivity contribution in [2.45, 2.75) is 57.2 Å². The third kappa shape index (κ3) is 4.35. The number of aromatic nitrogens is 4. The van der Waals surface area contributed by atoms with Crippen molar-refractivity contribution in [3.63, 3.8) is 0 Å². The molecule has 178 valence electrons. The van der Waals surface area contributed by atoms with Gasteiger partial charge in [-0.2, -0.15) is 4.98 Å². The Kier molecular flexibility index (Phi) is 5.94. The lowest BCUT2D eigenvalue weighted by molar-refractivity contribution is 0.0244. The van der Waals surface area contributed by atoms with E-state index in [0.717, 1.165) is 42.3 Å². The summed E-state index contributed by atoms with van der Waals surface area (Å²) >= 11 is 1.54. The second kappa shape index (κ2) is 9.05. The van der Waals surface area contributed by atoms with Gasteiger partial charge in [-0.25, -0.2) is 15.0 Å². The molecule has 3 atom stereocenters. The van der Waals surface area contributed by atoms with E-state index in [1.165, 1.54) is 11.3 Å². The number of anilines is 1. The van der Waals surface area contributed by atoms with E-state index >= 15 is 0 Å². The molecule has 2 bridgehead atoms. The van der Waals surface area contributed by atoms with Crippen LogP contribution >= 0.6 is 11.3 Å². The SMILES string of the molecule is C/C(N)=C/C(N)=Nc1nc(NC2C[C@H]3CCC[C@@H](C2)N3C(=O)c2nccn2C)nc2sccc12. The molecule has 3 aromatic heterocycles. The summed E-state index contributed by atoms with van der Waals surface area (Å²) in [6, 6.07) is 2.45. The number of amidine groups is 1. The Balaban J connectivity index is 1.38. The fraction of sp³-hybridized carbons (Fsp3) is 0.435. The molecule has 5 N–H and O–H groups in total. The first-order chi connectivity index (χ1) is 16.4. The van der Waals surface area contributed by atoms with E-state index in [1.54, 1.807) is 23.8 Å². The summed E-state index contributed by atoms with van der Waals surface area (Å²) < 4.78 is 1.79. The zero-order valence-corrected chi connectivity index (χ0v) is 20.1. The van der Waals surface area contributed by atoms with Gasteiger partial charge in [-0.3, -0.25) is 4.79 Å². The number of amides is 1. The fourth-order valence-corrected chi connectivity index (χ4v) is 5.84. The molecule has 10 nitrogen and oxygen atoms in total. The molecule has 5 rings (SSSR count). The van der Waals surface area contributed by atoms with Crippen molar-refractivity contribution in [3.8, 4) is 0 Å². The number of fused-ring (bicyclic) bond motifs is 3. The van der Waals surface area contributed by atoms with Gasteiger partial charge >= 0.3 is 0 Å². The molecule has 0 spiro atoms. The van der Waals surface area contributed by atoms with Crippen LogP contribution in [0.4, 0.5) is 11.8 Å². The second-order valence-corrected chi connectivity index (χ2v) is 9.96. The molecule has 2 fully saturated rings. The average molecular weight is 480 g/mol. The van der Waals surface area contributed by atoms with Gasteiger partial charge in [-0.05, 0) is 56.6 Å². The van der Waals surface area contributed by atoms with Crippen LogP contribution in [0, 0.1) is 0 Å². The van der Waals surface area contributed by atoms with Crippen molar-refractivity contribution >= 4 is 45.1 Å². The first-order valence-electron chi connectivity index (χ1n) is 11.5. The summed E-state index contributed by atoms with van der Waals surface area (Å²) in [6.45, 7) is 1.76. The zero-order chi connectivity index (χ0) is 23.8. The number of carbonyl (C=O) groups is 1. The van der Waals surface area contributed by atoms with Crippen LogP contribution in [0.25, 0.3) is 10.2 Å².